The number of nitrogen functional groups attached to an aromatic ring is 1. The van der Waals surface area contributed by atoms with E-state index in [1.165, 1.54) is 11.3 Å². The van der Waals surface area contributed by atoms with Gasteiger partial charge in [-0.05, 0) is 17.7 Å². The second-order valence-corrected chi connectivity index (χ2v) is 6.85. The van der Waals surface area contributed by atoms with Gasteiger partial charge in [-0.15, -0.1) is 11.3 Å². The highest BCUT2D eigenvalue weighted by Gasteiger charge is 2.30. The van der Waals surface area contributed by atoms with Crippen LogP contribution in [0.5, 0.6) is 0 Å². The van der Waals surface area contributed by atoms with Crippen molar-refractivity contribution in [1.29, 1.82) is 0 Å². The molecular weight excluding hydrogens is 332 g/mol. The van der Waals surface area contributed by atoms with Gasteiger partial charge in [0.1, 0.15) is 5.00 Å². The van der Waals surface area contributed by atoms with E-state index in [0.29, 0.717) is 22.7 Å². The molecule has 4 rings (SSSR count). The minimum atomic E-state index is -0.533. The summed E-state index contributed by atoms with van der Waals surface area (Å²) in [5.74, 6) is -0.533. The molecule has 0 unspecified atom stereocenters. The zero-order chi connectivity index (χ0) is 17.4. The molecule has 5 nitrogen and oxygen atoms in total. The Morgan fingerprint density at radius 2 is 1.68 bits per heavy atom. The number of amides is 1. The smallest absolute Gasteiger partial charge is 0.253 e. The summed E-state index contributed by atoms with van der Waals surface area (Å²) in [6.07, 6.45) is 0.616. The van der Waals surface area contributed by atoms with Crippen LogP contribution in [0.2, 0.25) is 0 Å². The Hall–Kier alpha value is -3.12. The van der Waals surface area contributed by atoms with E-state index in [2.05, 4.69) is 0 Å². The summed E-state index contributed by atoms with van der Waals surface area (Å²) in [7, 11) is 0. The molecular formula is C19H16N4OS. The quantitative estimate of drug-likeness (QED) is 0.759. The van der Waals surface area contributed by atoms with Crippen molar-refractivity contribution >= 4 is 39.3 Å². The standard InChI is InChI=1S/C19H16N4OS/c20-18(24)16-17-15(25-19(16)21)11-14(12-7-3-1-4-8-12)22-23(17)13-9-5-2-6-10-13/h1-10H,11,21H2,(H2,20,24). The molecule has 25 heavy (non-hydrogen) atoms. The fourth-order valence-electron chi connectivity index (χ4n) is 2.97. The van der Waals surface area contributed by atoms with Crippen molar-refractivity contribution in [2.24, 2.45) is 10.8 Å². The lowest BCUT2D eigenvalue weighted by Gasteiger charge is -2.26. The number of nitrogens with two attached hydrogens (primary N) is 2. The molecule has 4 N–H and O–H groups in total. The lowest BCUT2D eigenvalue weighted by atomic mass is 10.0. The average Bonchev–Trinajstić information content (AvgIpc) is 2.98. The summed E-state index contributed by atoms with van der Waals surface area (Å²) < 4.78 is 0. The Morgan fingerprint density at radius 3 is 2.32 bits per heavy atom. The van der Waals surface area contributed by atoms with E-state index in [-0.39, 0.29) is 0 Å². The highest BCUT2D eigenvalue weighted by Crippen LogP contribution is 2.44. The van der Waals surface area contributed by atoms with Crippen molar-refractivity contribution in [3.05, 3.63) is 76.7 Å². The van der Waals surface area contributed by atoms with Crippen LogP contribution >= 0.6 is 11.3 Å². The Morgan fingerprint density at radius 1 is 1.04 bits per heavy atom. The highest BCUT2D eigenvalue weighted by atomic mass is 32.1. The first-order valence-electron chi connectivity index (χ1n) is 7.84. The molecule has 0 aliphatic carbocycles. The van der Waals surface area contributed by atoms with Gasteiger partial charge < -0.3 is 11.5 Å². The van der Waals surface area contributed by atoms with Gasteiger partial charge in [0.05, 0.1) is 22.6 Å². The number of nitrogens with zero attached hydrogens (tertiary/aromatic N) is 2. The third-order valence-corrected chi connectivity index (χ3v) is 5.10. The van der Waals surface area contributed by atoms with Crippen molar-refractivity contribution in [1.82, 2.24) is 0 Å². The van der Waals surface area contributed by atoms with Crippen molar-refractivity contribution in [2.45, 2.75) is 6.42 Å². The van der Waals surface area contributed by atoms with Gasteiger partial charge in [-0.2, -0.15) is 5.10 Å². The molecule has 1 aliphatic heterocycles. The van der Waals surface area contributed by atoms with Crippen molar-refractivity contribution in [2.75, 3.05) is 10.7 Å². The van der Waals surface area contributed by atoms with Crippen LogP contribution in [0.25, 0.3) is 0 Å². The van der Waals surface area contributed by atoms with Crippen LogP contribution in [0.4, 0.5) is 16.4 Å². The normalized spacial score (nSPS) is 13.3. The number of hydrogen-bond donors (Lipinski definition) is 2. The van der Waals surface area contributed by atoms with E-state index in [1.54, 1.807) is 5.01 Å². The van der Waals surface area contributed by atoms with E-state index in [1.807, 2.05) is 60.7 Å². The van der Waals surface area contributed by atoms with Gasteiger partial charge in [-0.1, -0.05) is 48.5 Å². The Labute approximate surface area is 149 Å². The second-order valence-electron chi connectivity index (χ2n) is 5.71. The van der Waals surface area contributed by atoms with Gasteiger partial charge in [-0.3, -0.25) is 4.79 Å². The largest absolute Gasteiger partial charge is 0.390 e. The monoisotopic (exact) mass is 348 g/mol. The summed E-state index contributed by atoms with van der Waals surface area (Å²) in [6.45, 7) is 0. The maximum atomic E-state index is 12.0. The summed E-state index contributed by atoms with van der Waals surface area (Å²) in [5.41, 5.74) is 15.5. The summed E-state index contributed by atoms with van der Waals surface area (Å²) in [5, 5.41) is 7.02. The number of rotatable bonds is 3. The number of benzene rings is 2. The molecule has 0 fully saturated rings. The molecule has 0 atom stereocenters. The van der Waals surface area contributed by atoms with Crippen LogP contribution < -0.4 is 16.5 Å². The molecule has 6 heteroatoms. The maximum absolute atomic E-state index is 12.0. The molecule has 1 amide bonds. The molecule has 3 aromatic rings. The Balaban J connectivity index is 1.92. The number of carbonyl (C=O) groups excluding carboxylic acids is 1. The van der Waals surface area contributed by atoms with Crippen LogP contribution in [0, 0.1) is 0 Å². The van der Waals surface area contributed by atoms with E-state index >= 15 is 0 Å². The Kier molecular flexibility index (Phi) is 3.74. The lowest BCUT2D eigenvalue weighted by Crippen LogP contribution is -2.24. The van der Waals surface area contributed by atoms with Gasteiger partial charge in [0.25, 0.3) is 5.91 Å². The van der Waals surface area contributed by atoms with Crippen LogP contribution in [-0.2, 0) is 6.42 Å². The van der Waals surface area contributed by atoms with Crippen molar-refractivity contribution < 1.29 is 4.79 Å². The van der Waals surface area contributed by atoms with E-state index in [9.17, 15) is 4.79 Å². The first-order valence-corrected chi connectivity index (χ1v) is 8.66. The van der Waals surface area contributed by atoms with E-state index in [4.69, 9.17) is 16.6 Å². The number of anilines is 3. The second kappa shape index (κ2) is 6.07. The number of fused-ring (bicyclic) bond motifs is 1. The maximum Gasteiger partial charge on any atom is 0.253 e. The number of hydrogen-bond acceptors (Lipinski definition) is 5. The molecule has 0 saturated heterocycles. The number of thiophene rings is 1. The number of para-hydroxylation sites is 1. The molecule has 2 heterocycles. The highest BCUT2D eigenvalue weighted by molar-refractivity contribution is 7.17. The van der Waals surface area contributed by atoms with Gasteiger partial charge in [0.2, 0.25) is 0 Å². The predicted octanol–water partition coefficient (Wildman–Crippen LogP) is 3.53. The number of hydrazone groups is 1. The van der Waals surface area contributed by atoms with Crippen LogP contribution in [0.3, 0.4) is 0 Å². The summed E-state index contributed by atoms with van der Waals surface area (Å²) >= 11 is 1.40. The van der Waals surface area contributed by atoms with Crippen LogP contribution in [-0.4, -0.2) is 11.6 Å². The summed E-state index contributed by atoms with van der Waals surface area (Å²) in [6, 6.07) is 19.7. The van der Waals surface area contributed by atoms with Gasteiger partial charge in [0.15, 0.2) is 0 Å². The fraction of sp³-hybridized carbons (Fsp3) is 0.0526. The molecule has 124 valence electrons. The lowest BCUT2D eigenvalue weighted by molar-refractivity contribution is 0.100. The molecule has 0 spiro atoms. The zero-order valence-corrected chi connectivity index (χ0v) is 14.2. The average molecular weight is 348 g/mol. The minimum Gasteiger partial charge on any atom is -0.390 e. The molecule has 0 bridgehead atoms. The third kappa shape index (κ3) is 2.66. The first kappa shape index (κ1) is 15.4. The van der Waals surface area contributed by atoms with Gasteiger partial charge in [0, 0.05) is 11.3 Å². The van der Waals surface area contributed by atoms with Crippen molar-refractivity contribution in [3.8, 4) is 0 Å². The molecule has 0 saturated carbocycles. The third-order valence-electron chi connectivity index (χ3n) is 4.10. The van der Waals surface area contributed by atoms with Gasteiger partial charge >= 0.3 is 0 Å². The van der Waals surface area contributed by atoms with Crippen molar-refractivity contribution in [3.63, 3.8) is 0 Å². The van der Waals surface area contributed by atoms with Gasteiger partial charge in [-0.25, -0.2) is 5.01 Å². The number of primary amides is 1. The molecule has 1 aliphatic rings. The minimum absolute atomic E-state index is 0.347. The van der Waals surface area contributed by atoms with Crippen LogP contribution in [0.1, 0.15) is 20.8 Å². The SMILES string of the molecule is NC(=O)c1c(N)sc2c1N(c1ccccc1)N=C(c1ccccc1)C2. The number of carbonyl (C=O) groups is 1. The molecule has 1 aromatic heterocycles. The topological polar surface area (TPSA) is 84.7 Å². The van der Waals surface area contributed by atoms with E-state index in [0.717, 1.165) is 21.8 Å². The fourth-order valence-corrected chi connectivity index (χ4v) is 4.03. The summed E-state index contributed by atoms with van der Waals surface area (Å²) in [4.78, 5) is 12.9. The predicted molar refractivity (Wildman–Crippen MR) is 103 cm³/mol. The first-order chi connectivity index (χ1) is 12.1. The van der Waals surface area contributed by atoms with Crippen LogP contribution in [0.15, 0.2) is 65.8 Å². The van der Waals surface area contributed by atoms with E-state index < -0.39 is 5.91 Å². The molecule has 0 radical (unpaired) electrons. The Bertz CT molecular complexity index is 964. The zero-order valence-electron chi connectivity index (χ0n) is 13.3. The molecule has 2 aromatic carbocycles.